The van der Waals surface area contributed by atoms with Crippen LogP contribution in [0.1, 0.15) is 5.56 Å². The summed E-state index contributed by atoms with van der Waals surface area (Å²) < 4.78 is 10.4. The van der Waals surface area contributed by atoms with E-state index in [4.69, 9.17) is 20.9 Å². The number of aromatic nitrogens is 2. The number of hydrogen-bond acceptors (Lipinski definition) is 4. The number of halogens is 1. The van der Waals surface area contributed by atoms with Crippen molar-refractivity contribution in [1.29, 1.82) is 0 Å². The number of hydrogen-bond donors (Lipinski definition) is 0. The number of methoxy groups -OCH3 is 1. The molecule has 106 valence electrons. The first kappa shape index (κ1) is 13.6. The molecule has 5 heteroatoms. The zero-order valence-electron chi connectivity index (χ0n) is 11.6. The molecule has 0 atom stereocenters. The normalized spacial score (nSPS) is 10.6. The highest BCUT2D eigenvalue weighted by molar-refractivity contribution is 6.32. The lowest BCUT2D eigenvalue weighted by molar-refractivity contribution is 0.414. The molecule has 0 aliphatic carbocycles. The molecule has 0 fully saturated rings. The molecular weight excluding hydrogens is 288 g/mol. The molecule has 4 nitrogen and oxygen atoms in total. The average molecular weight is 301 g/mol. The second kappa shape index (κ2) is 5.58. The van der Waals surface area contributed by atoms with E-state index < -0.39 is 0 Å². The van der Waals surface area contributed by atoms with Crippen LogP contribution in [0.5, 0.6) is 5.75 Å². The summed E-state index contributed by atoms with van der Waals surface area (Å²) in [7, 11) is 1.57. The fourth-order valence-electron chi connectivity index (χ4n) is 1.96. The van der Waals surface area contributed by atoms with Gasteiger partial charge in [-0.2, -0.15) is 4.98 Å². The first-order valence-electron chi connectivity index (χ1n) is 6.42. The van der Waals surface area contributed by atoms with Crippen molar-refractivity contribution in [2.45, 2.75) is 6.92 Å². The molecule has 1 aromatic heterocycles. The van der Waals surface area contributed by atoms with Crippen LogP contribution in [-0.4, -0.2) is 17.3 Å². The number of rotatable bonds is 3. The fraction of sp³-hybridized carbons (Fsp3) is 0.125. The van der Waals surface area contributed by atoms with Crippen LogP contribution in [0.25, 0.3) is 22.8 Å². The Morgan fingerprint density at radius 2 is 1.76 bits per heavy atom. The number of aryl methyl sites for hydroxylation is 1. The highest BCUT2D eigenvalue weighted by Crippen LogP contribution is 2.30. The Morgan fingerprint density at radius 3 is 2.43 bits per heavy atom. The van der Waals surface area contributed by atoms with Crippen LogP contribution >= 0.6 is 11.6 Å². The van der Waals surface area contributed by atoms with Crippen LogP contribution in [0.2, 0.25) is 5.02 Å². The van der Waals surface area contributed by atoms with Gasteiger partial charge in [0.05, 0.1) is 12.1 Å². The van der Waals surface area contributed by atoms with Crippen molar-refractivity contribution in [3.63, 3.8) is 0 Å². The molecule has 0 saturated heterocycles. The van der Waals surface area contributed by atoms with E-state index in [1.54, 1.807) is 19.2 Å². The van der Waals surface area contributed by atoms with E-state index in [2.05, 4.69) is 10.1 Å². The minimum Gasteiger partial charge on any atom is -0.495 e. The van der Waals surface area contributed by atoms with Gasteiger partial charge in [-0.15, -0.1) is 0 Å². The average Bonchev–Trinajstić information content (AvgIpc) is 2.98. The third-order valence-electron chi connectivity index (χ3n) is 3.13. The number of benzene rings is 2. The van der Waals surface area contributed by atoms with E-state index in [1.165, 1.54) is 5.56 Å². The summed E-state index contributed by atoms with van der Waals surface area (Å²) >= 11 is 6.11. The monoisotopic (exact) mass is 300 g/mol. The third kappa shape index (κ3) is 2.76. The Morgan fingerprint density at radius 1 is 1.05 bits per heavy atom. The van der Waals surface area contributed by atoms with Crippen LogP contribution in [0.3, 0.4) is 0 Å². The van der Waals surface area contributed by atoms with Gasteiger partial charge in [-0.1, -0.05) is 46.6 Å². The Hall–Kier alpha value is -2.33. The Bertz CT molecular complexity index is 766. The highest BCUT2D eigenvalue weighted by Gasteiger charge is 2.12. The zero-order chi connectivity index (χ0) is 14.8. The molecule has 21 heavy (non-hydrogen) atoms. The predicted molar refractivity (Wildman–Crippen MR) is 81.5 cm³/mol. The van der Waals surface area contributed by atoms with E-state index in [9.17, 15) is 0 Å². The molecule has 0 aliphatic heterocycles. The van der Waals surface area contributed by atoms with E-state index in [0.717, 1.165) is 11.1 Å². The van der Waals surface area contributed by atoms with E-state index in [-0.39, 0.29) is 0 Å². The van der Waals surface area contributed by atoms with Gasteiger partial charge in [0.1, 0.15) is 5.75 Å². The van der Waals surface area contributed by atoms with Crippen molar-refractivity contribution in [2.24, 2.45) is 0 Å². The largest absolute Gasteiger partial charge is 0.495 e. The molecular formula is C16H13ClN2O2. The summed E-state index contributed by atoms with van der Waals surface area (Å²) in [5, 5.41) is 4.51. The van der Waals surface area contributed by atoms with Crippen LogP contribution in [0.15, 0.2) is 47.0 Å². The summed E-state index contributed by atoms with van der Waals surface area (Å²) in [6.45, 7) is 2.03. The lowest BCUT2D eigenvalue weighted by Crippen LogP contribution is -1.85. The van der Waals surface area contributed by atoms with Crippen molar-refractivity contribution in [3.8, 4) is 28.6 Å². The maximum Gasteiger partial charge on any atom is 0.258 e. The van der Waals surface area contributed by atoms with Crippen molar-refractivity contribution in [2.75, 3.05) is 7.11 Å². The molecule has 0 N–H and O–H groups in total. The Balaban J connectivity index is 1.94. The number of nitrogens with zero attached hydrogens (tertiary/aromatic N) is 2. The fourth-order valence-corrected chi connectivity index (χ4v) is 2.22. The van der Waals surface area contributed by atoms with E-state index in [0.29, 0.717) is 22.5 Å². The second-order valence-electron chi connectivity index (χ2n) is 4.64. The maximum atomic E-state index is 6.11. The first-order valence-corrected chi connectivity index (χ1v) is 6.80. The molecule has 0 amide bonds. The van der Waals surface area contributed by atoms with Gasteiger partial charge in [-0.25, -0.2) is 0 Å². The predicted octanol–water partition coefficient (Wildman–Crippen LogP) is 4.37. The zero-order valence-corrected chi connectivity index (χ0v) is 12.4. The molecule has 0 saturated carbocycles. The van der Waals surface area contributed by atoms with Crippen molar-refractivity contribution in [3.05, 3.63) is 53.1 Å². The van der Waals surface area contributed by atoms with Crippen LogP contribution in [0.4, 0.5) is 0 Å². The van der Waals surface area contributed by atoms with E-state index in [1.807, 2.05) is 37.3 Å². The molecule has 1 heterocycles. The van der Waals surface area contributed by atoms with Gasteiger partial charge in [0.25, 0.3) is 5.89 Å². The molecule has 0 bridgehead atoms. The summed E-state index contributed by atoms with van der Waals surface area (Å²) in [6, 6.07) is 13.3. The SMILES string of the molecule is COc1ccc(-c2nc(-c3ccc(C)cc3)no2)cc1Cl. The molecule has 0 unspecified atom stereocenters. The maximum absolute atomic E-state index is 6.11. The lowest BCUT2D eigenvalue weighted by atomic mass is 10.1. The van der Waals surface area contributed by atoms with Gasteiger partial charge in [0.2, 0.25) is 5.82 Å². The minimum absolute atomic E-state index is 0.426. The van der Waals surface area contributed by atoms with Crippen molar-refractivity contribution >= 4 is 11.6 Å². The number of ether oxygens (including phenoxy) is 1. The standard InChI is InChI=1S/C16H13ClN2O2/c1-10-3-5-11(6-4-10)15-18-16(21-19-15)12-7-8-14(20-2)13(17)9-12/h3-9H,1-2H3. The summed E-state index contributed by atoms with van der Waals surface area (Å²) in [5.74, 6) is 1.59. The molecule has 0 aliphatic rings. The molecule has 3 rings (SSSR count). The third-order valence-corrected chi connectivity index (χ3v) is 3.43. The molecule has 0 radical (unpaired) electrons. The van der Waals surface area contributed by atoms with Crippen LogP contribution in [0, 0.1) is 6.92 Å². The smallest absolute Gasteiger partial charge is 0.258 e. The first-order chi connectivity index (χ1) is 10.2. The Kier molecular flexibility index (Phi) is 3.62. The summed E-state index contributed by atoms with van der Waals surface area (Å²) in [5.41, 5.74) is 2.85. The van der Waals surface area contributed by atoms with Gasteiger partial charge in [-0.05, 0) is 25.1 Å². The van der Waals surface area contributed by atoms with Gasteiger partial charge < -0.3 is 9.26 Å². The van der Waals surface area contributed by atoms with Crippen LogP contribution in [-0.2, 0) is 0 Å². The molecule has 2 aromatic carbocycles. The highest BCUT2D eigenvalue weighted by atomic mass is 35.5. The summed E-state index contributed by atoms with van der Waals surface area (Å²) in [4.78, 5) is 4.40. The van der Waals surface area contributed by atoms with Gasteiger partial charge >= 0.3 is 0 Å². The van der Waals surface area contributed by atoms with Gasteiger partial charge in [0.15, 0.2) is 0 Å². The van der Waals surface area contributed by atoms with Gasteiger partial charge in [0, 0.05) is 11.1 Å². The van der Waals surface area contributed by atoms with Crippen molar-refractivity contribution in [1.82, 2.24) is 10.1 Å². The second-order valence-corrected chi connectivity index (χ2v) is 5.05. The Labute approximate surface area is 127 Å². The lowest BCUT2D eigenvalue weighted by Gasteiger charge is -2.02. The quantitative estimate of drug-likeness (QED) is 0.720. The van der Waals surface area contributed by atoms with Crippen LogP contribution < -0.4 is 4.74 Å². The topological polar surface area (TPSA) is 48.2 Å². The minimum atomic E-state index is 0.426. The summed E-state index contributed by atoms with van der Waals surface area (Å²) in [6.07, 6.45) is 0. The molecule has 3 aromatic rings. The van der Waals surface area contributed by atoms with Gasteiger partial charge in [-0.3, -0.25) is 0 Å². The molecule has 0 spiro atoms. The van der Waals surface area contributed by atoms with Crippen molar-refractivity contribution < 1.29 is 9.26 Å². The van der Waals surface area contributed by atoms with E-state index >= 15 is 0 Å².